The van der Waals surface area contributed by atoms with Crippen LogP contribution in [0.4, 0.5) is 0 Å². The Hall–Kier alpha value is -5.61. The van der Waals surface area contributed by atoms with Crippen LogP contribution in [0, 0.1) is 6.92 Å². The predicted molar refractivity (Wildman–Crippen MR) is 384 cm³/mol. The molecule has 516 valence electrons. The van der Waals surface area contributed by atoms with Gasteiger partial charge in [-0.1, -0.05) is 146 Å². The zero-order valence-electron chi connectivity index (χ0n) is 55.0. The van der Waals surface area contributed by atoms with E-state index < -0.39 is 28.6 Å². The zero-order chi connectivity index (χ0) is 70.5. The normalized spacial score (nSPS) is 17.4. The summed E-state index contributed by atoms with van der Waals surface area (Å²) < 4.78 is 32.6. The van der Waals surface area contributed by atoms with Gasteiger partial charge in [0.2, 0.25) is 0 Å². The molecule has 9 aromatic rings. The number of nitrogens with zero attached hydrogens (tertiary/aromatic N) is 3. The fourth-order valence-corrected chi connectivity index (χ4v) is 13.2. The number of aryl methyl sites for hydroxylation is 3. The third-order valence-electron chi connectivity index (χ3n) is 16.9. The summed E-state index contributed by atoms with van der Waals surface area (Å²) in [6.07, 6.45) is 2.15. The van der Waals surface area contributed by atoms with Gasteiger partial charge in [0.1, 0.15) is 17.1 Å². The van der Waals surface area contributed by atoms with Gasteiger partial charge in [-0.25, -0.2) is 0 Å². The Morgan fingerprint density at radius 3 is 1.08 bits per heavy atom. The van der Waals surface area contributed by atoms with Crippen molar-refractivity contribution < 1.29 is 98.2 Å². The second kappa shape index (κ2) is 37.0. The van der Waals surface area contributed by atoms with Gasteiger partial charge in [0.25, 0.3) is 17.7 Å². The molecule has 3 amide bonds. The van der Waals surface area contributed by atoms with E-state index in [2.05, 4.69) is 57.2 Å². The number of aliphatic carboxylic acids is 1. The van der Waals surface area contributed by atoms with Gasteiger partial charge in [-0.15, -0.1) is 0 Å². The number of fused-ring (bicyclic) bond motifs is 3. The Kier molecular flexibility index (Phi) is 30.8. The summed E-state index contributed by atoms with van der Waals surface area (Å²) in [5, 5.41) is 23.4. The minimum atomic E-state index is -0.885. The van der Waals surface area contributed by atoms with Crippen molar-refractivity contribution in [2.45, 2.75) is 62.6 Å². The molecule has 29 heteroatoms. The first-order valence-electron chi connectivity index (χ1n) is 30.4. The average Bonchev–Trinajstić information content (AvgIpc) is 1.65. The van der Waals surface area contributed by atoms with Crippen LogP contribution in [0.15, 0.2) is 132 Å². The van der Waals surface area contributed by atoms with E-state index in [1.165, 1.54) is 16.3 Å². The molecule has 5 N–H and O–H groups in total. The van der Waals surface area contributed by atoms with Crippen LogP contribution >= 0.6 is 99.2 Å². The molecule has 3 fully saturated rings. The molecule has 3 saturated heterocycles. The number of nitrogens with one attached hydrogen (secondary N) is 3. The molecule has 0 radical (unpaired) electrons. The minimum absolute atomic E-state index is 0. The molecule has 99 heavy (non-hydrogen) atoms. The van der Waals surface area contributed by atoms with E-state index in [4.69, 9.17) is 93.7 Å². The van der Waals surface area contributed by atoms with Gasteiger partial charge < -0.3 is 63.9 Å². The van der Waals surface area contributed by atoms with Crippen molar-refractivity contribution in [2.24, 2.45) is 21.1 Å². The molecule has 3 aromatic heterocycles. The second-order valence-corrected chi connectivity index (χ2v) is 26.2. The number of benzene rings is 6. The molecular formula is C70H69Br2Cl6LiN6O13Zn. The van der Waals surface area contributed by atoms with E-state index in [0.717, 1.165) is 60.5 Å². The van der Waals surface area contributed by atoms with E-state index >= 15 is 0 Å². The number of rotatable bonds is 15. The Bertz CT molecular complexity index is 4350. The van der Waals surface area contributed by atoms with Crippen molar-refractivity contribution in [3.63, 3.8) is 0 Å². The van der Waals surface area contributed by atoms with Crippen molar-refractivity contribution in [3.8, 4) is 0 Å². The number of hydrogen-bond acceptors (Lipinski definition) is 12. The first-order valence-corrected chi connectivity index (χ1v) is 40.4. The van der Waals surface area contributed by atoms with E-state index in [1.54, 1.807) is 78.6 Å². The summed E-state index contributed by atoms with van der Waals surface area (Å²) >= 11 is 45.1. The molecule has 12 rings (SSSR count). The Morgan fingerprint density at radius 1 is 0.515 bits per heavy atom. The van der Waals surface area contributed by atoms with Crippen LogP contribution in [0.25, 0.3) is 32.7 Å². The number of halogens is 8. The Balaban J connectivity index is 0.000000220. The molecule has 3 unspecified atom stereocenters. The molecule has 6 aromatic carbocycles. The molecule has 0 bridgehead atoms. The number of hydrogen-bond donors (Lipinski definition) is 4. The quantitative estimate of drug-likeness (QED) is 0.0424. The number of esters is 2. The molecule has 3 atom stereocenters. The van der Waals surface area contributed by atoms with Gasteiger partial charge in [-0.3, -0.25) is 35.7 Å². The molecule has 0 aliphatic carbocycles. The van der Waals surface area contributed by atoms with E-state index in [9.17, 15) is 28.8 Å². The van der Waals surface area contributed by atoms with Crippen LogP contribution in [0.2, 0.25) is 30.1 Å². The molecule has 3 aliphatic rings. The van der Waals surface area contributed by atoms with Crippen LogP contribution in [0.5, 0.6) is 0 Å². The van der Waals surface area contributed by atoms with Crippen molar-refractivity contribution in [2.75, 3.05) is 52.9 Å². The SMILES string of the molecule is CCOC(=O)Cc1ccc(C2(NC(=O)c3cc4c(Cl)c(Cl)ccc4n3C)CCOC2)cc1.Cn1c(C(=O)NC2(c3ccc(Br)cc3)CCOC2)cc2c(Cl)c(Cl)ccc21.Cn1c(C(=O)NC2(c3ccc(CC(=O)O)cc3)CCOC2)cc2c(Cl)c(Cl)ccc21.[CH2-]C(=O)OCC.[Li+].[OH-].[Zn+][Br]. The summed E-state index contributed by atoms with van der Waals surface area (Å²) in [6, 6.07) is 38.8. The van der Waals surface area contributed by atoms with E-state index in [-0.39, 0.29) is 60.9 Å². The molecule has 3 aliphatic heterocycles. The molecule has 6 heterocycles. The second-order valence-electron chi connectivity index (χ2n) is 22.9. The number of carboxylic acids is 1. The number of carbonyl (C=O) groups excluding carboxylic acids is 5. The number of amides is 3. The third-order valence-corrected chi connectivity index (χ3v) is 19.9. The average molecular weight is 1650 g/mol. The van der Waals surface area contributed by atoms with Crippen molar-refractivity contribution in [1.29, 1.82) is 0 Å². The topological polar surface area (TPSA) is 250 Å². The van der Waals surface area contributed by atoms with Crippen LogP contribution in [-0.4, -0.2) is 113 Å². The summed E-state index contributed by atoms with van der Waals surface area (Å²) in [5.74, 6) is -2.25. The first kappa shape index (κ1) is 82.3. The van der Waals surface area contributed by atoms with Gasteiger partial charge in [0.15, 0.2) is 5.97 Å². The molecule has 0 spiro atoms. The number of carbonyl (C=O) groups is 6. The van der Waals surface area contributed by atoms with Crippen LogP contribution < -0.4 is 34.8 Å². The van der Waals surface area contributed by atoms with Crippen LogP contribution in [0.1, 0.15) is 92.4 Å². The monoisotopic (exact) mass is 1640 g/mol. The fourth-order valence-electron chi connectivity index (χ4n) is 11.8. The zero-order valence-corrected chi connectivity index (χ0v) is 65.7. The fraction of sp³-hybridized carbons (Fsp3) is 0.300. The number of aromatic nitrogens is 3. The van der Waals surface area contributed by atoms with Gasteiger partial charge >= 0.3 is 60.8 Å². The van der Waals surface area contributed by atoms with Gasteiger partial charge in [-0.05, 0) is 108 Å². The summed E-state index contributed by atoms with van der Waals surface area (Å²) in [6.45, 7) is 10.1. The van der Waals surface area contributed by atoms with E-state index in [1.807, 2.05) is 97.5 Å². The van der Waals surface area contributed by atoms with Crippen molar-refractivity contribution in [1.82, 2.24) is 29.7 Å². The Morgan fingerprint density at radius 2 is 0.818 bits per heavy atom. The molecular weight excluding hydrogens is 1580 g/mol. The van der Waals surface area contributed by atoms with Crippen molar-refractivity contribution >= 4 is 167 Å². The standard InChI is InChI=1S/C24H24Cl2N2O4.C22H20Cl2N2O4.C20H17BrCl2N2O2.C4H7O2.BrH.Li.H2O.Zn/c1-3-32-21(29)12-15-4-6-16(7-5-15)24(10-11-31-14-24)27-23(30)20-13-17-19(28(20)2)9-8-18(25)22(17)26;1-26-17-7-6-16(23)20(24)15(17)11-18(26)21(29)25-22(8-9-30-12-22)14-4-2-13(3-5-14)10-19(27)28;1-25-16-7-6-15(22)18(23)14(16)10-17(25)19(26)24-20(8-9-27-11-20)12-2-4-13(21)5-3-12;1-3-6-4(2)5;;;;/h4-9,13H,3,10-12,14H2,1-2H3,(H,27,30);2-7,11H,8-10,12H2,1H3,(H,25,29)(H,27,28);2-7,10H,8-9,11H2,1H3,(H,24,26);2-3H2,1H3;1H;;1H2;/q;;;-1;;+1;;+2/p-2. The predicted octanol–water partition coefficient (Wildman–Crippen LogP) is 12.1. The van der Waals surface area contributed by atoms with Gasteiger partial charge in [0.05, 0.1) is 92.6 Å². The first-order chi connectivity index (χ1) is 46.3. The van der Waals surface area contributed by atoms with E-state index in [0.29, 0.717) is 124 Å². The summed E-state index contributed by atoms with van der Waals surface area (Å²) in [5.41, 5.74) is 6.46. The number of carboxylic acid groups (broad SMARTS) is 1. The summed E-state index contributed by atoms with van der Waals surface area (Å²) in [4.78, 5) is 72.1. The maximum absolute atomic E-state index is 13.3. The van der Waals surface area contributed by atoms with Crippen molar-refractivity contribution in [3.05, 3.63) is 214 Å². The van der Waals surface area contributed by atoms with Gasteiger partial charge in [-0.2, -0.15) is 0 Å². The van der Waals surface area contributed by atoms with Crippen LogP contribution in [-0.2, 0) is 105 Å². The molecule has 19 nitrogen and oxygen atoms in total. The number of ether oxygens (including phenoxy) is 5. The van der Waals surface area contributed by atoms with Crippen LogP contribution in [0.3, 0.4) is 0 Å². The maximum atomic E-state index is 13.3. The molecule has 0 saturated carbocycles. The summed E-state index contributed by atoms with van der Waals surface area (Å²) in [7, 11) is 5.47. The van der Waals surface area contributed by atoms with Gasteiger partial charge in [0, 0.05) is 97.4 Å². The third kappa shape index (κ3) is 19.4. The Labute approximate surface area is 640 Å².